The second kappa shape index (κ2) is 4.78. The minimum absolute atomic E-state index is 0.674. The number of imidazole rings is 1. The number of nitrogens with one attached hydrogen (secondary N) is 2. The number of aryl methyl sites for hydroxylation is 1. The maximum Gasteiger partial charge on any atom is 0.184 e. The van der Waals surface area contributed by atoms with Crippen molar-refractivity contribution in [1.82, 2.24) is 15.0 Å². The Labute approximate surface area is 109 Å². The van der Waals surface area contributed by atoms with Crippen LogP contribution in [0.1, 0.15) is 18.3 Å². The van der Waals surface area contributed by atoms with Gasteiger partial charge in [-0.25, -0.2) is 9.97 Å². The molecule has 92 valence electrons. The van der Waals surface area contributed by atoms with Crippen LogP contribution >= 0.6 is 11.3 Å². The number of benzene rings is 1. The molecule has 0 aliphatic rings. The molecule has 0 unspecified atom stereocenters. The topological polar surface area (TPSA) is 53.6 Å². The molecule has 0 saturated heterocycles. The molecule has 18 heavy (non-hydrogen) atoms. The van der Waals surface area contributed by atoms with Gasteiger partial charge in [-0.3, -0.25) is 0 Å². The van der Waals surface area contributed by atoms with Gasteiger partial charge in [0.1, 0.15) is 5.82 Å². The van der Waals surface area contributed by atoms with Crippen LogP contribution in [0.5, 0.6) is 0 Å². The zero-order valence-corrected chi connectivity index (χ0v) is 10.9. The van der Waals surface area contributed by atoms with Gasteiger partial charge in [0.25, 0.3) is 0 Å². The lowest BCUT2D eigenvalue weighted by molar-refractivity contribution is 0.997. The lowest BCUT2D eigenvalue weighted by Crippen LogP contribution is -2.00. The minimum atomic E-state index is 0.674. The molecular weight excluding hydrogens is 244 g/mol. The fraction of sp³-hybridized carbons (Fsp3) is 0.231. The summed E-state index contributed by atoms with van der Waals surface area (Å²) in [6, 6.07) is 6.44. The number of anilines is 1. The zero-order valence-electron chi connectivity index (χ0n) is 10.1. The molecule has 0 amide bonds. The lowest BCUT2D eigenvalue weighted by Gasteiger charge is -1.97. The predicted octanol–water partition coefficient (Wildman–Crippen LogP) is 3.19. The first kappa shape index (κ1) is 11.2. The highest BCUT2D eigenvalue weighted by Crippen LogP contribution is 2.27. The Balaban J connectivity index is 1.80. The normalized spacial score (nSPS) is 10.9. The highest BCUT2D eigenvalue weighted by Gasteiger charge is 2.04. The monoisotopic (exact) mass is 258 g/mol. The highest BCUT2D eigenvalue weighted by molar-refractivity contribution is 7.22. The summed E-state index contributed by atoms with van der Waals surface area (Å²) in [7, 11) is 0. The van der Waals surface area contributed by atoms with Crippen molar-refractivity contribution in [3.05, 3.63) is 42.0 Å². The third-order valence-electron chi connectivity index (χ3n) is 2.82. The van der Waals surface area contributed by atoms with E-state index in [-0.39, 0.29) is 0 Å². The van der Waals surface area contributed by atoms with Crippen LogP contribution in [0.4, 0.5) is 5.13 Å². The fourth-order valence-electron chi connectivity index (χ4n) is 1.82. The summed E-state index contributed by atoms with van der Waals surface area (Å²) in [5.74, 6) is 0.920. The summed E-state index contributed by atoms with van der Waals surface area (Å²) in [4.78, 5) is 11.8. The Morgan fingerprint density at radius 3 is 3.11 bits per heavy atom. The van der Waals surface area contributed by atoms with Crippen molar-refractivity contribution in [2.24, 2.45) is 0 Å². The molecular formula is C13H14N4S. The van der Waals surface area contributed by atoms with Crippen LogP contribution in [0.25, 0.3) is 10.2 Å². The first-order chi connectivity index (χ1) is 8.85. The Morgan fingerprint density at radius 1 is 1.39 bits per heavy atom. The summed E-state index contributed by atoms with van der Waals surface area (Å²) in [6.07, 6.45) is 4.63. The number of thiazole rings is 1. The van der Waals surface area contributed by atoms with Crippen LogP contribution in [0, 0.1) is 0 Å². The van der Waals surface area contributed by atoms with Crippen LogP contribution in [-0.2, 0) is 13.0 Å². The standard InChI is InChI=1S/C13H14N4S/c1-2-9-3-4-10-11(7-9)18-13(17-10)16-8-12-14-5-6-15-12/h3-7H,2,8H2,1H3,(H,14,15)(H,16,17). The number of rotatable bonds is 4. The predicted molar refractivity (Wildman–Crippen MR) is 74.9 cm³/mol. The number of hydrogen-bond acceptors (Lipinski definition) is 4. The van der Waals surface area contributed by atoms with Gasteiger partial charge in [0, 0.05) is 12.4 Å². The number of aromatic amines is 1. The molecule has 0 radical (unpaired) electrons. The van der Waals surface area contributed by atoms with Crippen molar-refractivity contribution < 1.29 is 0 Å². The smallest absolute Gasteiger partial charge is 0.184 e. The van der Waals surface area contributed by atoms with Gasteiger partial charge in [0.05, 0.1) is 16.8 Å². The molecule has 3 aromatic rings. The van der Waals surface area contributed by atoms with Crippen LogP contribution < -0.4 is 5.32 Å². The molecule has 0 aliphatic carbocycles. The van der Waals surface area contributed by atoms with Crippen LogP contribution in [0.3, 0.4) is 0 Å². The maximum absolute atomic E-state index is 4.55. The van der Waals surface area contributed by atoms with Gasteiger partial charge in [-0.05, 0) is 24.1 Å². The number of hydrogen-bond donors (Lipinski definition) is 2. The zero-order chi connectivity index (χ0) is 12.4. The van der Waals surface area contributed by atoms with Crippen molar-refractivity contribution in [2.75, 3.05) is 5.32 Å². The Hall–Kier alpha value is -1.88. The molecule has 2 aromatic heterocycles. The van der Waals surface area contributed by atoms with Crippen LogP contribution in [0.15, 0.2) is 30.6 Å². The lowest BCUT2D eigenvalue weighted by atomic mass is 10.2. The van der Waals surface area contributed by atoms with Gasteiger partial charge in [0.15, 0.2) is 5.13 Å². The number of nitrogens with zero attached hydrogens (tertiary/aromatic N) is 2. The number of aromatic nitrogens is 3. The van der Waals surface area contributed by atoms with Crippen molar-refractivity contribution in [3.8, 4) is 0 Å². The van der Waals surface area contributed by atoms with E-state index >= 15 is 0 Å². The largest absolute Gasteiger partial charge is 0.354 e. The van der Waals surface area contributed by atoms with Gasteiger partial charge in [-0.1, -0.05) is 24.3 Å². The molecule has 4 nitrogen and oxygen atoms in total. The van der Waals surface area contributed by atoms with Crippen molar-refractivity contribution >= 4 is 26.7 Å². The molecule has 5 heteroatoms. The molecule has 0 spiro atoms. The molecule has 0 atom stereocenters. The number of fused-ring (bicyclic) bond motifs is 1. The summed E-state index contributed by atoms with van der Waals surface area (Å²) in [5, 5.41) is 4.23. The van der Waals surface area contributed by atoms with E-state index in [0.29, 0.717) is 6.54 Å². The van der Waals surface area contributed by atoms with Gasteiger partial charge in [-0.2, -0.15) is 0 Å². The second-order valence-electron chi connectivity index (χ2n) is 4.06. The minimum Gasteiger partial charge on any atom is -0.354 e. The van der Waals surface area contributed by atoms with E-state index in [2.05, 4.69) is 45.4 Å². The molecule has 0 saturated carbocycles. The number of H-pyrrole nitrogens is 1. The van der Waals surface area contributed by atoms with Crippen molar-refractivity contribution in [1.29, 1.82) is 0 Å². The molecule has 1 aromatic carbocycles. The first-order valence-corrected chi connectivity index (χ1v) is 6.78. The Kier molecular flexibility index (Phi) is 2.98. The quantitative estimate of drug-likeness (QED) is 0.755. The van der Waals surface area contributed by atoms with Crippen LogP contribution in [-0.4, -0.2) is 15.0 Å². The molecule has 0 bridgehead atoms. The maximum atomic E-state index is 4.55. The second-order valence-corrected chi connectivity index (χ2v) is 5.09. The average Bonchev–Trinajstić information content (AvgIpc) is 3.04. The fourth-order valence-corrected chi connectivity index (χ4v) is 2.74. The third kappa shape index (κ3) is 2.22. The first-order valence-electron chi connectivity index (χ1n) is 5.97. The van der Waals surface area contributed by atoms with E-state index in [9.17, 15) is 0 Å². The molecule has 2 heterocycles. The van der Waals surface area contributed by atoms with Gasteiger partial charge in [0.2, 0.25) is 0 Å². The van der Waals surface area contributed by atoms with E-state index < -0.39 is 0 Å². The van der Waals surface area contributed by atoms with Crippen LogP contribution in [0.2, 0.25) is 0 Å². The molecule has 0 fully saturated rings. The van der Waals surface area contributed by atoms with Crippen molar-refractivity contribution in [2.45, 2.75) is 19.9 Å². The summed E-state index contributed by atoms with van der Waals surface area (Å²) in [5.41, 5.74) is 2.41. The van der Waals surface area contributed by atoms with E-state index in [1.807, 2.05) is 6.20 Å². The Bertz CT molecular complexity index is 642. The van der Waals surface area contributed by atoms with Gasteiger partial charge >= 0.3 is 0 Å². The van der Waals surface area contributed by atoms with E-state index in [4.69, 9.17) is 0 Å². The van der Waals surface area contributed by atoms with E-state index in [1.165, 1.54) is 10.3 Å². The van der Waals surface area contributed by atoms with E-state index in [0.717, 1.165) is 22.9 Å². The van der Waals surface area contributed by atoms with Gasteiger partial charge in [-0.15, -0.1) is 0 Å². The molecule has 3 rings (SSSR count). The van der Waals surface area contributed by atoms with Crippen molar-refractivity contribution in [3.63, 3.8) is 0 Å². The highest BCUT2D eigenvalue weighted by atomic mass is 32.1. The average molecular weight is 258 g/mol. The SMILES string of the molecule is CCc1ccc2nc(NCc3ncc[nH]3)sc2c1. The summed E-state index contributed by atoms with van der Waals surface area (Å²) in [6.45, 7) is 2.84. The third-order valence-corrected chi connectivity index (χ3v) is 3.80. The molecule has 2 N–H and O–H groups in total. The Morgan fingerprint density at radius 2 is 2.33 bits per heavy atom. The molecule has 0 aliphatic heterocycles. The summed E-state index contributed by atoms with van der Waals surface area (Å²) >= 11 is 1.68. The summed E-state index contributed by atoms with van der Waals surface area (Å²) < 4.78 is 1.23. The van der Waals surface area contributed by atoms with E-state index in [1.54, 1.807) is 17.5 Å². The van der Waals surface area contributed by atoms with Gasteiger partial charge < -0.3 is 10.3 Å².